The molecule has 6 nitrogen and oxygen atoms in total. The van der Waals surface area contributed by atoms with Crippen molar-refractivity contribution >= 4 is 16.9 Å². The molecule has 0 unspecified atom stereocenters. The molecule has 140 valence electrons. The minimum atomic E-state index is 0.0122. The lowest BCUT2D eigenvalue weighted by atomic mass is 9.94. The Morgan fingerprint density at radius 2 is 1.96 bits per heavy atom. The molecule has 0 saturated carbocycles. The number of nitrogens with one attached hydrogen (secondary N) is 2. The van der Waals surface area contributed by atoms with Gasteiger partial charge in [-0.1, -0.05) is 12.1 Å². The van der Waals surface area contributed by atoms with E-state index in [1.54, 1.807) is 0 Å². The van der Waals surface area contributed by atoms with Crippen LogP contribution >= 0.6 is 0 Å². The van der Waals surface area contributed by atoms with Gasteiger partial charge in [-0.15, -0.1) is 0 Å². The minimum absolute atomic E-state index is 0.0122. The summed E-state index contributed by atoms with van der Waals surface area (Å²) < 4.78 is 1.90. The maximum Gasteiger partial charge on any atom is 0.251 e. The van der Waals surface area contributed by atoms with E-state index in [4.69, 9.17) is 0 Å². The normalized spacial score (nSPS) is 13.6. The first-order valence-corrected chi connectivity index (χ1v) is 9.42. The maximum absolute atomic E-state index is 12.0. The molecular formula is C22H21N5O. The number of fused-ring (bicyclic) bond motifs is 2. The van der Waals surface area contributed by atoms with Crippen LogP contribution in [0.4, 0.5) is 0 Å². The summed E-state index contributed by atoms with van der Waals surface area (Å²) in [4.78, 5) is 19.9. The van der Waals surface area contributed by atoms with Crippen molar-refractivity contribution in [2.45, 2.75) is 20.3 Å². The smallest absolute Gasteiger partial charge is 0.251 e. The largest absolute Gasteiger partial charge is 0.352 e. The summed E-state index contributed by atoms with van der Waals surface area (Å²) in [6.07, 6.45) is 4.75. The number of aryl methyl sites for hydroxylation is 2. The summed E-state index contributed by atoms with van der Waals surface area (Å²) in [6.45, 7) is 4.79. The fourth-order valence-electron chi connectivity index (χ4n) is 4.17. The van der Waals surface area contributed by atoms with Gasteiger partial charge in [-0.05, 0) is 43.5 Å². The predicted molar refractivity (Wildman–Crippen MR) is 109 cm³/mol. The number of H-pyrrole nitrogens is 1. The topological polar surface area (TPSA) is 75.6 Å². The standard InChI is InChI=1S/C22H21N5O/c1-12-20(13(2)27(3)26-12)16-9-18-19(11-25-21(18)24-10-16)14-4-5-17-15(8-14)6-7-23-22(17)28/h4-5,8-11H,6-7H2,1-3H3,(H,23,28)(H,24,25). The molecule has 1 aliphatic rings. The molecule has 3 aromatic heterocycles. The van der Waals surface area contributed by atoms with E-state index in [0.717, 1.165) is 62.2 Å². The summed E-state index contributed by atoms with van der Waals surface area (Å²) in [6, 6.07) is 8.24. The number of benzene rings is 1. The average molecular weight is 371 g/mol. The van der Waals surface area contributed by atoms with Crippen LogP contribution in [0.5, 0.6) is 0 Å². The van der Waals surface area contributed by atoms with Crippen LogP contribution in [0.2, 0.25) is 0 Å². The molecule has 28 heavy (non-hydrogen) atoms. The highest BCUT2D eigenvalue weighted by atomic mass is 16.1. The molecule has 0 aliphatic carbocycles. The zero-order chi connectivity index (χ0) is 19.4. The molecular weight excluding hydrogens is 350 g/mol. The lowest BCUT2D eigenvalue weighted by Gasteiger charge is -2.17. The molecule has 0 radical (unpaired) electrons. The Morgan fingerprint density at radius 3 is 2.75 bits per heavy atom. The first-order valence-electron chi connectivity index (χ1n) is 9.42. The number of hydrogen-bond donors (Lipinski definition) is 2. The molecule has 0 bridgehead atoms. The van der Waals surface area contributed by atoms with Gasteiger partial charge in [-0.3, -0.25) is 9.48 Å². The highest BCUT2D eigenvalue weighted by molar-refractivity contribution is 5.99. The summed E-state index contributed by atoms with van der Waals surface area (Å²) >= 11 is 0. The van der Waals surface area contributed by atoms with Gasteiger partial charge in [0.05, 0.1) is 5.69 Å². The van der Waals surface area contributed by atoms with E-state index in [-0.39, 0.29) is 5.91 Å². The van der Waals surface area contributed by atoms with Crippen LogP contribution in [0, 0.1) is 13.8 Å². The Balaban J connectivity index is 1.66. The maximum atomic E-state index is 12.0. The molecule has 2 N–H and O–H groups in total. The van der Waals surface area contributed by atoms with Gasteiger partial charge in [-0.25, -0.2) is 4.98 Å². The van der Waals surface area contributed by atoms with E-state index in [1.165, 1.54) is 0 Å². The molecule has 0 atom stereocenters. The fourth-order valence-corrected chi connectivity index (χ4v) is 4.17. The van der Waals surface area contributed by atoms with E-state index < -0.39 is 0 Å². The Labute approximate surface area is 162 Å². The third kappa shape index (κ3) is 2.45. The van der Waals surface area contributed by atoms with Crippen molar-refractivity contribution in [1.82, 2.24) is 25.1 Å². The molecule has 4 heterocycles. The van der Waals surface area contributed by atoms with Crippen molar-refractivity contribution in [2.75, 3.05) is 6.54 Å². The highest BCUT2D eigenvalue weighted by Crippen LogP contribution is 2.34. The summed E-state index contributed by atoms with van der Waals surface area (Å²) in [5.74, 6) is 0.0122. The molecule has 1 amide bonds. The molecule has 0 spiro atoms. The number of carbonyl (C=O) groups excluding carboxylic acids is 1. The molecule has 6 heteroatoms. The van der Waals surface area contributed by atoms with Crippen LogP contribution in [-0.2, 0) is 13.5 Å². The molecule has 1 aliphatic heterocycles. The molecule has 0 saturated heterocycles. The fraction of sp³-hybridized carbons (Fsp3) is 0.227. The number of aromatic amines is 1. The summed E-state index contributed by atoms with van der Waals surface area (Å²) in [5, 5.41) is 8.50. The second-order valence-electron chi connectivity index (χ2n) is 7.37. The zero-order valence-electron chi connectivity index (χ0n) is 16.1. The van der Waals surface area contributed by atoms with Crippen LogP contribution in [0.3, 0.4) is 0 Å². The Hall–Kier alpha value is -3.41. The first-order chi connectivity index (χ1) is 13.5. The lowest BCUT2D eigenvalue weighted by Crippen LogP contribution is -2.31. The van der Waals surface area contributed by atoms with E-state index in [2.05, 4.69) is 39.4 Å². The van der Waals surface area contributed by atoms with Gasteiger partial charge in [0.25, 0.3) is 5.91 Å². The average Bonchev–Trinajstić information content (AvgIpc) is 3.21. The molecule has 0 fully saturated rings. The van der Waals surface area contributed by atoms with E-state index >= 15 is 0 Å². The highest BCUT2D eigenvalue weighted by Gasteiger charge is 2.19. The third-order valence-electron chi connectivity index (χ3n) is 5.67. The number of pyridine rings is 1. The van der Waals surface area contributed by atoms with Crippen LogP contribution < -0.4 is 5.32 Å². The van der Waals surface area contributed by atoms with Crippen LogP contribution in [0.15, 0.2) is 36.7 Å². The SMILES string of the molecule is Cc1nn(C)c(C)c1-c1cnc2[nH]cc(-c3ccc4c(c3)CCNC4=O)c2c1. The number of hydrogen-bond acceptors (Lipinski definition) is 3. The number of aromatic nitrogens is 4. The van der Waals surface area contributed by atoms with Crippen molar-refractivity contribution < 1.29 is 4.79 Å². The number of amides is 1. The van der Waals surface area contributed by atoms with Crippen LogP contribution in [0.25, 0.3) is 33.3 Å². The van der Waals surface area contributed by atoms with Gasteiger partial charge in [0, 0.05) is 59.3 Å². The Bertz CT molecular complexity index is 1250. The van der Waals surface area contributed by atoms with Crippen molar-refractivity contribution in [3.8, 4) is 22.3 Å². The summed E-state index contributed by atoms with van der Waals surface area (Å²) in [5.41, 5.74) is 9.23. The molecule has 4 aromatic rings. The quantitative estimate of drug-likeness (QED) is 0.566. The predicted octanol–water partition coefficient (Wildman–Crippen LogP) is 3.53. The van der Waals surface area contributed by atoms with E-state index in [9.17, 15) is 4.79 Å². The number of carbonyl (C=O) groups is 1. The van der Waals surface area contributed by atoms with Gasteiger partial charge in [0.15, 0.2) is 0 Å². The molecule has 5 rings (SSSR count). The summed E-state index contributed by atoms with van der Waals surface area (Å²) in [7, 11) is 1.96. The monoisotopic (exact) mass is 371 g/mol. The second kappa shape index (κ2) is 6.05. The van der Waals surface area contributed by atoms with Gasteiger partial charge in [0.1, 0.15) is 5.65 Å². The first kappa shape index (κ1) is 16.7. The van der Waals surface area contributed by atoms with Gasteiger partial charge in [0.2, 0.25) is 0 Å². The zero-order valence-corrected chi connectivity index (χ0v) is 16.1. The van der Waals surface area contributed by atoms with Gasteiger partial charge in [-0.2, -0.15) is 5.10 Å². The second-order valence-corrected chi connectivity index (χ2v) is 7.37. The van der Waals surface area contributed by atoms with Crippen molar-refractivity contribution in [3.05, 3.63) is 59.2 Å². The number of rotatable bonds is 2. The third-order valence-corrected chi connectivity index (χ3v) is 5.67. The van der Waals surface area contributed by atoms with Crippen molar-refractivity contribution in [3.63, 3.8) is 0 Å². The van der Waals surface area contributed by atoms with Gasteiger partial charge < -0.3 is 10.3 Å². The molecule has 1 aromatic carbocycles. The van der Waals surface area contributed by atoms with Gasteiger partial charge >= 0.3 is 0 Å². The minimum Gasteiger partial charge on any atom is -0.352 e. The Kier molecular flexibility index (Phi) is 3.62. The number of nitrogens with zero attached hydrogens (tertiary/aromatic N) is 3. The van der Waals surface area contributed by atoms with Crippen molar-refractivity contribution in [2.24, 2.45) is 7.05 Å². The van der Waals surface area contributed by atoms with E-state index in [0.29, 0.717) is 6.54 Å². The van der Waals surface area contributed by atoms with E-state index in [1.807, 2.05) is 43.2 Å². The van der Waals surface area contributed by atoms with Crippen LogP contribution in [0.1, 0.15) is 27.3 Å². The van der Waals surface area contributed by atoms with Crippen LogP contribution in [-0.4, -0.2) is 32.2 Å². The lowest BCUT2D eigenvalue weighted by molar-refractivity contribution is 0.0946. The van der Waals surface area contributed by atoms with Crippen molar-refractivity contribution in [1.29, 1.82) is 0 Å². The Morgan fingerprint density at radius 1 is 1.11 bits per heavy atom.